The van der Waals surface area contributed by atoms with Gasteiger partial charge in [0.25, 0.3) is 0 Å². The number of unbranched alkanes of at least 4 members (excludes halogenated alkanes) is 2. The first-order valence-electron chi connectivity index (χ1n) is 9.04. The minimum absolute atomic E-state index is 0.180. The Morgan fingerprint density at radius 3 is 2.12 bits per heavy atom. The molecule has 1 atom stereocenters. The number of benzene rings is 1. The maximum atomic E-state index is 13.3. The average molecular weight is 454 g/mol. The zero-order valence-corrected chi connectivity index (χ0v) is 18.9. The molecule has 0 aliphatic heterocycles. The summed E-state index contributed by atoms with van der Waals surface area (Å²) in [6, 6.07) is 4.64. The van der Waals surface area contributed by atoms with Crippen LogP contribution in [0.5, 0.6) is 0 Å². The van der Waals surface area contributed by atoms with E-state index in [1.54, 1.807) is 12.1 Å². The molecule has 0 fully saturated rings. The number of rotatable bonds is 9. The summed E-state index contributed by atoms with van der Waals surface area (Å²) >= 11 is 3.25. The first-order valence-corrected chi connectivity index (χ1v) is 12.7. The highest BCUT2D eigenvalue weighted by molar-refractivity contribution is 9.10. The molecule has 2 nitrogen and oxygen atoms in total. The van der Waals surface area contributed by atoms with Crippen LogP contribution in [-0.4, -0.2) is 27.6 Å². The lowest BCUT2D eigenvalue weighted by atomic mass is 10.1. The average Bonchev–Trinajstić information content (AvgIpc) is 2.49. The molecule has 7 heteroatoms. The Kier molecular flexibility index (Phi) is 8.84. The fraction of sp³-hybridized carbons (Fsp3) is 0.684. The van der Waals surface area contributed by atoms with Gasteiger partial charge < -0.3 is 9.74 Å². The molecule has 1 aromatic carbocycles. The predicted octanol–water partition coefficient (Wildman–Crippen LogP) is 6.83. The zero-order chi connectivity index (χ0) is 20.0. The van der Waals surface area contributed by atoms with E-state index in [1.165, 1.54) is 12.1 Å². The molecule has 150 valence electrons. The summed E-state index contributed by atoms with van der Waals surface area (Å²) in [5.74, 6) is 0. The number of hydrogen-bond acceptors (Lipinski definition) is 2. The molecule has 0 heterocycles. The van der Waals surface area contributed by atoms with Crippen LogP contribution in [0.2, 0.25) is 18.1 Å². The van der Waals surface area contributed by atoms with Crippen molar-refractivity contribution in [3.63, 3.8) is 0 Å². The van der Waals surface area contributed by atoms with Gasteiger partial charge in [0.2, 0.25) is 0 Å². The second-order valence-corrected chi connectivity index (χ2v) is 13.9. The van der Waals surface area contributed by atoms with E-state index in [0.29, 0.717) is 19.6 Å². The number of hydrogen-bond donors (Lipinski definition) is 1. The van der Waals surface area contributed by atoms with Crippen molar-refractivity contribution >= 4 is 24.2 Å². The van der Waals surface area contributed by atoms with Gasteiger partial charge in [0.1, 0.15) is 6.04 Å². The molecular weight excluding hydrogens is 423 g/mol. The van der Waals surface area contributed by atoms with Gasteiger partial charge in [-0.2, -0.15) is 13.2 Å². The van der Waals surface area contributed by atoms with E-state index >= 15 is 0 Å². The van der Waals surface area contributed by atoms with Gasteiger partial charge in [-0.15, -0.1) is 0 Å². The molecule has 26 heavy (non-hydrogen) atoms. The first kappa shape index (κ1) is 23.7. The van der Waals surface area contributed by atoms with Crippen molar-refractivity contribution in [2.24, 2.45) is 0 Å². The van der Waals surface area contributed by atoms with Crippen LogP contribution < -0.4 is 5.32 Å². The second-order valence-electron chi connectivity index (χ2n) is 8.15. The van der Waals surface area contributed by atoms with Crippen LogP contribution in [0.1, 0.15) is 51.6 Å². The Bertz CT molecular complexity index is 541. The molecule has 0 saturated carbocycles. The Morgan fingerprint density at radius 1 is 1.04 bits per heavy atom. The molecule has 0 saturated heterocycles. The quantitative estimate of drug-likeness (QED) is 0.326. The first-order chi connectivity index (χ1) is 11.8. The third-order valence-corrected chi connectivity index (χ3v) is 10.0. The molecule has 0 aliphatic rings. The molecule has 1 rings (SSSR count). The van der Waals surface area contributed by atoms with Gasteiger partial charge in [-0.3, -0.25) is 0 Å². The largest absolute Gasteiger partial charge is 0.417 e. The van der Waals surface area contributed by atoms with Crippen LogP contribution >= 0.6 is 15.9 Å². The van der Waals surface area contributed by atoms with Crippen LogP contribution in [0.3, 0.4) is 0 Å². The molecule has 0 amide bonds. The van der Waals surface area contributed by atoms with Crippen LogP contribution in [-0.2, 0) is 4.43 Å². The van der Waals surface area contributed by atoms with Crippen LogP contribution in [0.15, 0.2) is 28.7 Å². The van der Waals surface area contributed by atoms with Gasteiger partial charge in [-0.05, 0) is 61.6 Å². The van der Waals surface area contributed by atoms with E-state index in [-0.39, 0.29) is 10.6 Å². The molecule has 0 bridgehead atoms. The molecule has 1 aromatic rings. The zero-order valence-electron chi connectivity index (χ0n) is 16.3. The monoisotopic (exact) mass is 453 g/mol. The molecule has 1 N–H and O–H groups in total. The second kappa shape index (κ2) is 9.71. The summed E-state index contributed by atoms with van der Waals surface area (Å²) in [4.78, 5) is 0. The SMILES string of the molecule is CC(C)(C)[Si](C)(C)OCCCCCN[C@@H](c1ccc(Br)cc1)C(F)(F)F. The lowest BCUT2D eigenvalue weighted by molar-refractivity contribution is -0.157. The smallest absolute Gasteiger partial charge is 0.407 e. The number of nitrogens with one attached hydrogen (secondary N) is 1. The Morgan fingerprint density at radius 2 is 1.62 bits per heavy atom. The fourth-order valence-electron chi connectivity index (χ4n) is 2.27. The van der Waals surface area contributed by atoms with Crippen LogP contribution in [0.25, 0.3) is 0 Å². The molecule has 0 unspecified atom stereocenters. The predicted molar refractivity (Wildman–Crippen MR) is 108 cm³/mol. The Labute approximate surface area is 165 Å². The summed E-state index contributed by atoms with van der Waals surface area (Å²) in [6.07, 6.45) is -1.88. The van der Waals surface area contributed by atoms with Gasteiger partial charge in [-0.1, -0.05) is 48.8 Å². The standard InChI is InChI=1S/C19H31BrF3NOSi/c1-18(2,3)26(4,5)25-14-8-6-7-13-24-17(19(21,22)23)15-9-11-16(20)12-10-15/h9-12,17,24H,6-8,13-14H2,1-5H3/t17-/m0/s1. The van der Waals surface area contributed by atoms with E-state index in [0.717, 1.165) is 17.3 Å². The number of halogens is 4. The Balaban J connectivity index is 2.37. The van der Waals surface area contributed by atoms with Crippen molar-refractivity contribution in [2.45, 2.75) is 70.4 Å². The van der Waals surface area contributed by atoms with E-state index in [4.69, 9.17) is 4.43 Å². The van der Waals surface area contributed by atoms with Crippen molar-refractivity contribution < 1.29 is 17.6 Å². The van der Waals surface area contributed by atoms with Crippen LogP contribution in [0.4, 0.5) is 13.2 Å². The highest BCUT2D eigenvalue weighted by atomic mass is 79.9. The lowest BCUT2D eigenvalue weighted by Gasteiger charge is -2.36. The van der Waals surface area contributed by atoms with Crippen molar-refractivity contribution in [1.82, 2.24) is 5.32 Å². The van der Waals surface area contributed by atoms with Gasteiger partial charge in [0.15, 0.2) is 8.32 Å². The molecule has 0 radical (unpaired) electrons. The summed E-state index contributed by atoms with van der Waals surface area (Å²) in [5, 5.41) is 2.83. The van der Waals surface area contributed by atoms with E-state index in [9.17, 15) is 13.2 Å². The fourth-order valence-corrected chi connectivity index (χ4v) is 3.62. The highest BCUT2D eigenvalue weighted by Gasteiger charge is 2.40. The maximum absolute atomic E-state index is 13.3. The summed E-state index contributed by atoms with van der Waals surface area (Å²) < 4.78 is 46.7. The van der Waals surface area contributed by atoms with Gasteiger partial charge in [0, 0.05) is 11.1 Å². The lowest BCUT2D eigenvalue weighted by Crippen LogP contribution is -2.41. The third-order valence-electron chi connectivity index (χ3n) is 4.97. The van der Waals surface area contributed by atoms with Gasteiger partial charge >= 0.3 is 6.18 Å². The Hall–Kier alpha value is -0.373. The van der Waals surface area contributed by atoms with Crippen molar-refractivity contribution in [2.75, 3.05) is 13.2 Å². The number of alkyl halides is 3. The molecular formula is C19H31BrF3NOSi. The maximum Gasteiger partial charge on any atom is 0.407 e. The van der Waals surface area contributed by atoms with E-state index in [2.05, 4.69) is 55.1 Å². The van der Waals surface area contributed by atoms with Crippen LogP contribution in [0, 0.1) is 0 Å². The summed E-state index contributed by atoms with van der Waals surface area (Å²) in [5.41, 5.74) is 0.238. The highest BCUT2D eigenvalue weighted by Crippen LogP contribution is 2.36. The third kappa shape index (κ3) is 7.70. The molecule has 0 aliphatic carbocycles. The van der Waals surface area contributed by atoms with Gasteiger partial charge in [0.05, 0.1) is 0 Å². The summed E-state index contributed by atoms with van der Waals surface area (Å²) in [6.45, 7) is 12.0. The van der Waals surface area contributed by atoms with E-state index < -0.39 is 20.5 Å². The minimum atomic E-state index is -4.31. The molecule has 0 spiro atoms. The van der Waals surface area contributed by atoms with Gasteiger partial charge in [-0.25, -0.2) is 0 Å². The summed E-state index contributed by atoms with van der Waals surface area (Å²) in [7, 11) is -1.73. The van der Waals surface area contributed by atoms with Crippen molar-refractivity contribution in [3.8, 4) is 0 Å². The van der Waals surface area contributed by atoms with Crippen molar-refractivity contribution in [3.05, 3.63) is 34.3 Å². The normalized spacial score (nSPS) is 14.5. The molecule has 0 aromatic heterocycles. The van der Waals surface area contributed by atoms with E-state index in [1.807, 2.05) is 0 Å². The minimum Gasteiger partial charge on any atom is -0.417 e. The topological polar surface area (TPSA) is 21.3 Å². The van der Waals surface area contributed by atoms with Crippen molar-refractivity contribution in [1.29, 1.82) is 0 Å².